The maximum absolute atomic E-state index is 5.37. The van der Waals surface area contributed by atoms with E-state index >= 15 is 0 Å². The van der Waals surface area contributed by atoms with Gasteiger partial charge in [-0.15, -0.1) is 0 Å². The van der Waals surface area contributed by atoms with E-state index in [1.165, 1.54) is 11.1 Å². The zero-order chi connectivity index (χ0) is 13.2. The molecule has 0 unspecified atom stereocenters. The molecule has 0 spiro atoms. The summed E-state index contributed by atoms with van der Waals surface area (Å²) in [6, 6.07) is 12.3. The quantitative estimate of drug-likeness (QED) is 0.924. The summed E-state index contributed by atoms with van der Waals surface area (Å²) in [7, 11) is 0. The molecule has 0 fully saturated rings. The minimum atomic E-state index is 0.317. The van der Waals surface area contributed by atoms with Gasteiger partial charge in [0, 0.05) is 16.7 Å². The van der Waals surface area contributed by atoms with Crippen LogP contribution < -0.4 is 14.8 Å². The predicted octanol–water partition coefficient (Wildman–Crippen LogP) is 4.10. The number of aryl methyl sites for hydroxylation is 1. The molecule has 1 heterocycles. The third-order valence-electron chi connectivity index (χ3n) is 2.98. The Morgan fingerprint density at radius 1 is 1.11 bits per heavy atom. The van der Waals surface area contributed by atoms with Crippen LogP contribution in [0, 0.1) is 6.92 Å². The van der Waals surface area contributed by atoms with Gasteiger partial charge in [0.05, 0.1) is 0 Å². The molecule has 2 aromatic carbocycles. The van der Waals surface area contributed by atoms with Crippen LogP contribution in [0.15, 0.2) is 40.9 Å². The summed E-state index contributed by atoms with van der Waals surface area (Å²) in [6.45, 7) is 3.15. The fraction of sp³-hybridized carbons (Fsp3) is 0.200. The minimum Gasteiger partial charge on any atom is -0.454 e. The number of fused-ring (bicyclic) bond motifs is 1. The van der Waals surface area contributed by atoms with Crippen molar-refractivity contribution in [3.05, 3.63) is 52.0 Å². The van der Waals surface area contributed by atoms with Gasteiger partial charge in [0.15, 0.2) is 11.5 Å². The van der Waals surface area contributed by atoms with Gasteiger partial charge in [-0.2, -0.15) is 0 Å². The number of halogens is 1. The second-order valence-electron chi connectivity index (χ2n) is 4.56. The largest absolute Gasteiger partial charge is 0.454 e. The van der Waals surface area contributed by atoms with E-state index in [1.54, 1.807) is 0 Å². The molecule has 4 heteroatoms. The molecule has 3 rings (SSSR count). The lowest BCUT2D eigenvalue weighted by Gasteiger charge is -2.09. The highest BCUT2D eigenvalue weighted by atomic mass is 79.9. The van der Waals surface area contributed by atoms with Crippen LogP contribution in [0.4, 0.5) is 5.69 Å². The lowest BCUT2D eigenvalue weighted by atomic mass is 10.2. The summed E-state index contributed by atoms with van der Waals surface area (Å²) < 4.78 is 11.8. The first kappa shape index (κ1) is 12.4. The lowest BCUT2D eigenvalue weighted by molar-refractivity contribution is 0.174. The lowest BCUT2D eigenvalue weighted by Crippen LogP contribution is -1.99. The molecule has 0 aromatic heterocycles. The maximum Gasteiger partial charge on any atom is 0.231 e. The number of anilines is 1. The Morgan fingerprint density at radius 3 is 2.79 bits per heavy atom. The zero-order valence-electron chi connectivity index (χ0n) is 10.6. The van der Waals surface area contributed by atoms with Gasteiger partial charge in [0.2, 0.25) is 6.79 Å². The molecular formula is C15H14BrNO2. The van der Waals surface area contributed by atoms with Crippen molar-refractivity contribution in [3.8, 4) is 11.5 Å². The summed E-state index contributed by atoms with van der Waals surface area (Å²) in [6.07, 6.45) is 0. The fourth-order valence-electron chi connectivity index (χ4n) is 2.09. The van der Waals surface area contributed by atoms with Crippen molar-refractivity contribution in [3.63, 3.8) is 0 Å². The third-order valence-corrected chi connectivity index (χ3v) is 3.43. The van der Waals surface area contributed by atoms with Gasteiger partial charge >= 0.3 is 0 Å². The summed E-state index contributed by atoms with van der Waals surface area (Å²) >= 11 is 3.50. The van der Waals surface area contributed by atoms with Crippen LogP contribution in [0.1, 0.15) is 11.1 Å². The molecule has 19 heavy (non-hydrogen) atoms. The SMILES string of the molecule is Cc1cc(Br)cc(NCc2ccc3c(c2)OCO3)c1. The van der Waals surface area contributed by atoms with Gasteiger partial charge in [-0.1, -0.05) is 22.0 Å². The van der Waals surface area contributed by atoms with Crippen LogP contribution in [0.3, 0.4) is 0 Å². The van der Waals surface area contributed by atoms with Gasteiger partial charge in [-0.05, 0) is 48.4 Å². The van der Waals surface area contributed by atoms with E-state index in [-0.39, 0.29) is 0 Å². The van der Waals surface area contributed by atoms with Crippen LogP contribution in [-0.2, 0) is 6.54 Å². The topological polar surface area (TPSA) is 30.5 Å². The number of hydrogen-bond acceptors (Lipinski definition) is 3. The van der Waals surface area contributed by atoms with Crippen molar-refractivity contribution >= 4 is 21.6 Å². The van der Waals surface area contributed by atoms with Crippen molar-refractivity contribution in [2.75, 3.05) is 12.1 Å². The van der Waals surface area contributed by atoms with E-state index in [4.69, 9.17) is 9.47 Å². The maximum atomic E-state index is 5.37. The van der Waals surface area contributed by atoms with Gasteiger partial charge in [-0.3, -0.25) is 0 Å². The monoisotopic (exact) mass is 319 g/mol. The van der Waals surface area contributed by atoms with E-state index in [0.717, 1.165) is 28.2 Å². The van der Waals surface area contributed by atoms with Crippen LogP contribution in [0.5, 0.6) is 11.5 Å². The summed E-state index contributed by atoms with van der Waals surface area (Å²) in [4.78, 5) is 0. The second kappa shape index (κ2) is 5.13. The van der Waals surface area contributed by atoms with Crippen LogP contribution in [0.2, 0.25) is 0 Å². The molecule has 0 radical (unpaired) electrons. The van der Waals surface area contributed by atoms with Crippen molar-refractivity contribution in [1.29, 1.82) is 0 Å². The van der Waals surface area contributed by atoms with Crippen LogP contribution in [-0.4, -0.2) is 6.79 Å². The highest BCUT2D eigenvalue weighted by Gasteiger charge is 2.12. The molecule has 0 amide bonds. The molecule has 0 aliphatic carbocycles. The number of rotatable bonds is 3. The standard InChI is InChI=1S/C15H14BrNO2/c1-10-4-12(16)7-13(5-10)17-8-11-2-3-14-15(6-11)19-9-18-14/h2-7,17H,8-9H2,1H3. The molecule has 1 aliphatic heterocycles. The van der Waals surface area contributed by atoms with E-state index in [1.807, 2.05) is 18.2 Å². The molecule has 3 nitrogen and oxygen atoms in total. The van der Waals surface area contributed by atoms with E-state index < -0.39 is 0 Å². The minimum absolute atomic E-state index is 0.317. The first-order valence-corrected chi connectivity index (χ1v) is 6.89. The molecule has 2 aromatic rings. The average molecular weight is 320 g/mol. The number of hydrogen-bond donors (Lipinski definition) is 1. The summed E-state index contributed by atoms with van der Waals surface area (Å²) in [5.74, 6) is 1.65. The Morgan fingerprint density at radius 2 is 1.95 bits per heavy atom. The Hall–Kier alpha value is -1.68. The smallest absolute Gasteiger partial charge is 0.231 e. The highest BCUT2D eigenvalue weighted by molar-refractivity contribution is 9.10. The number of ether oxygens (including phenoxy) is 2. The van der Waals surface area contributed by atoms with Crippen molar-refractivity contribution in [2.45, 2.75) is 13.5 Å². The van der Waals surface area contributed by atoms with Gasteiger partial charge in [0.25, 0.3) is 0 Å². The third kappa shape index (κ3) is 2.84. The zero-order valence-corrected chi connectivity index (χ0v) is 12.2. The van der Waals surface area contributed by atoms with Crippen LogP contribution in [0.25, 0.3) is 0 Å². The molecule has 0 saturated carbocycles. The van der Waals surface area contributed by atoms with Crippen molar-refractivity contribution < 1.29 is 9.47 Å². The average Bonchev–Trinajstić information content (AvgIpc) is 2.82. The molecule has 0 saturated heterocycles. The highest BCUT2D eigenvalue weighted by Crippen LogP contribution is 2.32. The molecule has 0 atom stereocenters. The van der Waals surface area contributed by atoms with Gasteiger partial charge < -0.3 is 14.8 Å². The molecule has 98 valence electrons. The van der Waals surface area contributed by atoms with E-state index in [2.05, 4.69) is 46.4 Å². The van der Waals surface area contributed by atoms with Crippen molar-refractivity contribution in [1.82, 2.24) is 0 Å². The Labute approximate surface area is 120 Å². The summed E-state index contributed by atoms with van der Waals surface area (Å²) in [5.41, 5.74) is 3.49. The van der Waals surface area contributed by atoms with Crippen LogP contribution >= 0.6 is 15.9 Å². The predicted molar refractivity (Wildman–Crippen MR) is 78.8 cm³/mol. The first-order chi connectivity index (χ1) is 9.20. The molecule has 0 bridgehead atoms. The Bertz CT molecular complexity index is 593. The number of benzene rings is 2. The van der Waals surface area contributed by atoms with E-state index in [0.29, 0.717) is 6.79 Å². The van der Waals surface area contributed by atoms with Gasteiger partial charge in [0.1, 0.15) is 0 Å². The molecular weight excluding hydrogens is 306 g/mol. The molecule has 1 N–H and O–H groups in total. The fourth-order valence-corrected chi connectivity index (χ4v) is 2.70. The van der Waals surface area contributed by atoms with Gasteiger partial charge in [-0.25, -0.2) is 0 Å². The number of nitrogens with one attached hydrogen (secondary N) is 1. The first-order valence-electron chi connectivity index (χ1n) is 6.10. The normalized spacial score (nSPS) is 12.5. The summed E-state index contributed by atoms with van der Waals surface area (Å²) in [5, 5.41) is 3.41. The Balaban J connectivity index is 1.72. The second-order valence-corrected chi connectivity index (χ2v) is 5.47. The Kier molecular flexibility index (Phi) is 3.34. The van der Waals surface area contributed by atoms with E-state index in [9.17, 15) is 0 Å². The molecule has 1 aliphatic rings. The van der Waals surface area contributed by atoms with Crippen molar-refractivity contribution in [2.24, 2.45) is 0 Å².